The molecule has 0 bridgehead atoms. The summed E-state index contributed by atoms with van der Waals surface area (Å²) in [5, 5.41) is 15.6. The van der Waals surface area contributed by atoms with Gasteiger partial charge < -0.3 is 15.1 Å². The Balaban J connectivity index is 1.77. The Bertz CT molecular complexity index is 726. The maximum absolute atomic E-state index is 11.7. The Morgan fingerprint density at radius 3 is 2.48 bits per heavy atom. The number of nitro groups is 1. The van der Waals surface area contributed by atoms with Crippen LogP contribution in [-0.4, -0.2) is 23.3 Å². The third kappa shape index (κ3) is 4.92. The van der Waals surface area contributed by atoms with E-state index in [4.69, 9.17) is 4.42 Å². The fraction of sp³-hybridized carbons (Fsp3) is 0.143. The molecule has 0 radical (unpaired) electrons. The number of amides is 2. The lowest BCUT2D eigenvalue weighted by Crippen LogP contribution is -2.27. The van der Waals surface area contributed by atoms with Gasteiger partial charge in [0.05, 0.1) is 6.07 Å². The summed E-state index contributed by atoms with van der Waals surface area (Å²) in [5.41, 5.74) is 0.645. The second-order valence-electron chi connectivity index (χ2n) is 4.46. The SMILES string of the molecule is O=C(CCNC(=O)c1ccc([N+](=O)[O-])o1)Nc1ccc(Br)cc1. The van der Waals surface area contributed by atoms with Crippen LogP contribution in [0.5, 0.6) is 0 Å². The van der Waals surface area contributed by atoms with Crippen LogP contribution in [0.3, 0.4) is 0 Å². The van der Waals surface area contributed by atoms with Crippen LogP contribution in [0.4, 0.5) is 11.6 Å². The Kier molecular flexibility index (Phi) is 5.47. The minimum Gasteiger partial charge on any atom is -0.395 e. The molecule has 0 spiro atoms. The van der Waals surface area contributed by atoms with E-state index in [0.717, 1.165) is 10.5 Å². The average Bonchev–Trinajstić information content (AvgIpc) is 3.00. The number of anilines is 1. The standard InChI is InChI=1S/C14H12BrN3O5/c15-9-1-3-10(4-2-9)17-12(19)7-8-16-14(20)11-5-6-13(23-11)18(21)22/h1-6H,7-8H2,(H,16,20)(H,17,19). The molecule has 1 heterocycles. The predicted molar refractivity (Wildman–Crippen MR) is 85.1 cm³/mol. The molecule has 120 valence electrons. The quantitative estimate of drug-likeness (QED) is 0.589. The van der Waals surface area contributed by atoms with Crippen molar-refractivity contribution in [2.45, 2.75) is 6.42 Å². The monoisotopic (exact) mass is 381 g/mol. The summed E-state index contributed by atoms with van der Waals surface area (Å²) in [4.78, 5) is 33.1. The summed E-state index contributed by atoms with van der Waals surface area (Å²) >= 11 is 3.29. The van der Waals surface area contributed by atoms with Gasteiger partial charge >= 0.3 is 5.88 Å². The van der Waals surface area contributed by atoms with Crippen molar-refractivity contribution in [3.8, 4) is 0 Å². The lowest BCUT2D eigenvalue weighted by molar-refractivity contribution is -0.402. The number of hydrogen-bond acceptors (Lipinski definition) is 5. The van der Waals surface area contributed by atoms with E-state index in [1.807, 2.05) is 0 Å². The summed E-state index contributed by atoms with van der Waals surface area (Å²) in [6.07, 6.45) is 0.0601. The third-order valence-corrected chi connectivity index (χ3v) is 3.29. The first kappa shape index (κ1) is 16.7. The zero-order valence-corrected chi connectivity index (χ0v) is 13.3. The first-order chi connectivity index (χ1) is 11.0. The van der Waals surface area contributed by atoms with E-state index < -0.39 is 16.7 Å². The van der Waals surface area contributed by atoms with E-state index in [2.05, 4.69) is 26.6 Å². The first-order valence-electron chi connectivity index (χ1n) is 6.53. The molecular formula is C14H12BrN3O5. The van der Waals surface area contributed by atoms with Gasteiger partial charge in [-0.1, -0.05) is 15.9 Å². The van der Waals surface area contributed by atoms with E-state index >= 15 is 0 Å². The number of furan rings is 1. The number of carbonyl (C=O) groups is 2. The van der Waals surface area contributed by atoms with Crippen LogP contribution < -0.4 is 10.6 Å². The maximum atomic E-state index is 11.7. The Morgan fingerprint density at radius 1 is 1.17 bits per heavy atom. The molecule has 0 atom stereocenters. The van der Waals surface area contributed by atoms with Crippen LogP contribution in [0.15, 0.2) is 45.3 Å². The minimum atomic E-state index is -0.734. The highest BCUT2D eigenvalue weighted by atomic mass is 79.9. The molecule has 2 amide bonds. The summed E-state index contributed by atoms with van der Waals surface area (Å²) in [7, 11) is 0. The average molecular weight is 382 g/mol. The van der Waals surface area contributed by atoms with Crippen molar-refractivity contribution in [3.63, 3.8) is 0 Å². The summed E-state index contributed by atoms with van der Waals surface area (Å²) in [6, 6.07) is 9.36. The molecule has 1 aromatic heterocycles. The number of nitrogens with zero attached hydrogens (tertiary/aromatic N) is 1. The van der Waals surface area contributed by atoms with Gasteiger partial charge in [0, 0.05) is 23.1 Å². The smallest absolute Gasteiger partial charge is 0.395 e. The molecule has 23 heavy (non-hydrogen) atoms. The van der Waals surface area contributed by atoms with Gasteiger partial charge in [-0.3, -0.25) is 19.7 Å². The fourth-order valence-electron chi connectivity index (χ4n) is 1.68. The van der Waals surface area contributed by atoms with Gasteiger partial charge in [-0.05, 0) is 30.3 Å². The molecule has 0 fully saturated rings. The van der Waals surface area contributed by atoms with Crippen molar-refractivity contribution < 1.29 is 18.9 Å². The summed E-state index contributed by atoms with van der Waals surface area (Å²) in [5.74, 6) is -1.57. The van der Waals surface area contributed by atoms with Gasteiger partial charge in [-0.2, -0.15) is 0 Å². The van der Waals surface area contributed by atoms with Gasteiger partial charge in [-0.25, -0.2) is 0 Å². The maximum Gasteiger partial charge on any atom is 0.433 e. The van der Waals surface area contributed by atoms with Crippen LogP contribution in [0, 0.1) is 10.1 Å². The predicted octanol–water partition coefficient (Wildman–Crippen LogP) is 2.71. The highest BCUT2D eigenvalue weighted by Gasteiger charge is 2.17. The molecule has 8 nitrogen and oxygen atoms in total. The lowest BCUT2D eigenvalue weighted by atomic mass is 10.3. The van der Waals surface area contributed by atoms with Crippen molar-refractivity contribution in [1.82, 2.24) is 5.32 Å². The number of nitrogens with one attached hydrogen (secondary N) is 2. The van der Waals surface area contributed by atoms with Crippen LogP contribution in [-0.2, 0) is 4.79 Å². The van der Waals surface area contributed by atoms with E-state index in [9.17, 15) is 19.7 Å². The number of halogens is 1. The Labute approximate surface area is 139 Å². The van der Waals surface area contributed by atoms with Gasteiger partial charge in [0.25, 0.3) is 5.91 Å². The third-order valence-electron chi connectivity index (χ3n) is 2.76. The van der Waals surface area contributed by atoms with Crippen molar-refractivity contribution in [3.05, 3.63) is 56.7 Å². The molecule has 0 saturated heterocycles. The summed E-state index contributed by atoms with van der Waals surface area (Å²) < 4.78 is 5.65. The zero-order chi connectivity index (χ0) is 16.8. The van der Waals surface area contributed by atoms with E-state index in [1.165, 1.54) is 6.07 Å². The van der Waals surface area contributed by atoms with Gasteiger partial charge in [0.2, 0.25) is 5.91 Å². The molecule has 2 rings (SSSR count). The molecular weight excluding hydrogens is 370 g/mol. The molecule has 0 unspecified atom stereocenters. The highest BCUT2D eigenvalue weighted by molar-refractivity contribution is 9.10. The van der Waals surface area contributed by atoms with E-state index in [1.54, 1.807) is 24.3 Å². The van der Waals surface area contributed by atoms with Gasteiger partial charge in [0.1, 0.15) is 4.92 Å². The van der Waals surface area contributed by atoms with E-state index in [-0.39, 0.29) is 24.6 Å². The number of rotatable bonds is 6. The van der Waals surface area contributed by atoms with Crippen molar-refractivity contribution in [2.24, 2.45) is 0 Å². The molecule has 0 aliphatic carbocycles. The fourth-order valence-corrected chi connectivity index (χ4v) is 1.95. The van der Waals surface area contributed by atoms with Crippen LogP contribution in [0.25, 0.3) is 0 Å². The number of carbonyl (C=O) groups excluding carboxylic acids is 2. The van der Waals surface area contributed by atoms with Crippen LogP contribution in [0.1, 0.15) is 17.0 Å². The molecule has 1 aromatic carbocycles. The second-order valence-corrected chi connectivity index (χ2v) is 5.37. The number of hydrogen-bond donors (Lipinski definition) is 2. The van der Waals surface area contributed by atoms with Gasteiger partial charge in [0.15, 0.2) is 5.76 Å². The molecule has 9 heteroatoms. The van der Waals surface area contributed by atoms with Gasteiger partial charge in [-0.15, -0.1) is 0 Å². The highest BCUT2D eigenvalue weighted by Crippen LogP contribution is 2.15. The van der Waals surface area contributed by atoms with E-state index in [0.29, 0.717) is 5.69 Å². The Morgan fingerprint density at radius 2 is 1.87 bits per heavy atom. The topological polar surface area (TPSA) is 114 Å². The van der Waals surface area contributed by atoms with Crippen molar-refractivity contribution >= 4 is 39.3 Å². The molecule has 2 N–H and O–H groups in total. The van der Waals surface area contributed by atoms with Crippen molar-refractivity contribution in [1.29, 1.82) is 0 Å². The Hall–Kier alpha value is -2.68. The normalized spacial score (nSPS) is 10.1. The molecule has 2 aromatic rings. The molecule has 0 aliphatic heterocycles. The molecule has 0 saturated carbocycles. The zero-order valence-electron chi connectivity index (χ0n) is 11.7. The first-order valence-corrected chi connectivity index (χ1v) is 7.33. The minimum absolute atomic E-state index is 0.0601. The lowest BCUT2D eigenvalue weighted by Gasteiger charge is -2.06. The largest absolute Gasteiger partial charge is 0.433 e. The van der Waals surface area contributed by atoms with Crippen molar-refractivity contribution in [2.75, 3.05) is 11.9 Å². The molecule has 0 aliphatic rings. The second kappa shape index (κ2) is 7.54. The van der Waals surface area contributed by atoms with Crippen LogP contribution >= 0.6 is 15.9 Å². The van der Waals surface area contributed by atoms with Crippen LogP contribution in [0.2, 0.25) is 0 Å². The summed E-state index contributed by atoms with van der Waals surface area (Å²) in [6.45, 7) is 0.0791. The number of benzene rings is 1.